The maximum absolute atomic E-state index is 12.8. The predicted octanol–water partition coefficient (Wildman–Crippen LogP) is 3.27. The normalized spacial score (nSPS) is 46.4. The number of urea groups is 1. The third kappa shape index (κ3) is 4.13. The molecule has 1 saturated heterocycles. The fourth-order valence-corrected chi connectivity index (χ4v) is 9.86. The lowest BCUT2D eigenvalue weighted by Crippen LogP contribution is -2.62. The van der Waals surface area contributed by atoms with E-state index in [9.17, 15) is 19.8 Å². The zero-order valence-corrected chi connectivity index (χ0v) is 22.9. The summed E-state index contributed by atoms with van der Waals surface area (Å²) in [4.78, 5) is 24.3. The van der Waals surface area contributed by atoms with Crippen LogP contribution in [-0.4, -0.2) is 53.1 Å². The summed E-state index contributed by atoms with van der Waals surface area (Å²) < 4.78 is 5.22. The number of fused-ring (bicyclic) bond motifs is 5. The molecule has 0 spiro atoms. The largest absolute Gasteiger partial charge is 0.431 e. The Bertz CT molecular complexity index is 1090. The van der Waals surface area contributed by atoms with E-state index in [1.165, 1.54) is 6.07 Å². The van der Waals surface area contributed by atoms with Crippen molar-refractivity contribution in [3.05, 3.63) is 34.4 Å². The van der Waals surface area contributed by atoms with Gasteiger partial charge in [-0.1, -0.05) is 13.8 Å². The molecule has 8 heteroatoms. The van der Waals surface area contributed by atoms with Gasteiger partial charge in [0, 0.05) is 24.1 Å². The van der Waals surface area contributed by atoms with E-state index in [1.54, 1.807) is 6.26 Å². The minimum absolute atomic E-state index is 0.157. The first-order valence-corrected chi connectivity index (χ1v) is 14.9. The molecule has 0 radical (unpaired) electrons. The van der Waals surface area contributed by atoms with Crippen LogP contribution >= 0.6 is 0 Å². The highest BCUT2D eigenvalue weighted by atomic mass is 16.4. The summed E-state index contributed by atoms with van der Waals surface area (Å²) in [6.45, 7) is 6.06. The molecule has 1 aromatic rings. The van der Waals surface area contributed by atoms with Gasteiger partial charge in [0.15, 0.2) is 0 Å². The molecule has 4 aliphatic carbocycles. The minimum Gasteiger partial charge on any atom is -0.431 e. The molecule has 1 aromatic heterocycles. The van der Waals surface area contributed by atoms with Crippen LogP contribution in [0.1, 0.15) is 89.5 Å². The second-order valence-electron chi connectivity index (χ2n) is 13.6. The Morgan fingerprint density at radius 3 is 2.63 bits per heavy atom. The predicted molar refractivity (Wildman–Crippen MR) is 144 cm³/mol. The third-order valence-corrected chi connectivity index (χ3v) is 12.1. The molecule has 5 fully saturated rings. The van der Waals surface area contributed by atoms with Gasteiger partial charge < -0.3 is 30.6 Å². The average molecular weight is 528 g/mol. The van der Waals surface area contributed by atoms with Gasteiger partial charge in [0.1, 0.15) is 0 Å². The van der Waals surface area contributed by atoms with Gasteiger partial charge in [-0.05, 0) is 111 Å². The first-order chi connectivity index (χ1) is 18.1. The molecule has 10 atom stereocenters. The van der Waals surface area contributed by atoms with Crippen LogP contribution in [0, 0.1) is 28.6 Å². The molecular formula is C30H45N3O5. The van der Waals surface area contributed by atoms with Crippen LogP contribution in [0.3, 0.4) is 0 Å². The first kappa shape index (κ1) is 26.3. The van der Waals surface area contributed by atoms with Gasteiger partial charge in [0.25, 0.3) is 0 Å². The zero-order valence-electron chi connectivity index (χ0n) is 22.9. The number of amides is 2. The van der Waals surface area contributed by atoms with Gasteiger partial charge in [-0.25, -0.2) is 9.59 Å². The molecule has 6 rings (SSSR count). The Kier molecular flexibility index (Phi) is 6.67. The summed E-state index contributed by atoms with van der Waals surface area (Å²) >= 11 is 0. The number of nitrogens with one attached hydrogen (secondary N) is 3. The molecule has 2 amide bonds. The Balaban J connectivity index is 1.13. The average Bonchev–Trinajstić information content (AvgIpc) is 3.17. The topological polar surface area (TPSA) is 124 Å². The van der Waals surface area contributed by atoms with Gasteiger partial charge in [0.05, 0.1) is 24.0 Å². The summed E-state index contributed by atoms with van der Waals surface area (Å²) in [5.74, 6) is 1.53. The van der Waals surface area contributed by atoms with Gasteiger partial charge in [-0.15, -0.1) is 0 Å². The number of hydrogen-bond donors (Lipinski definition) is 5. The zero-order chi connectivity index (χ0) is 26.7. The van der Waals surface area contributed by atoms with Crippen molar-refractivity contribution in [3.63, 3.8) is 0 Å². The second-order valence-corrected chi connectivity index (χ2v) is 13.6. The lowest BCUT2D eigenvalue weighted by molar-refractivity contribution is -0.201. The van der Waals surface area contributed by atoms with Crippen LogP contribution in [0.25, 0.3) is 0 Å². The van der Waals surface area contributed by atoms with E-state index in [0.717, 1.165) is 76.3 Å². The number of piperidine rings is 1. The summed E-state index contributed by atoms with van der Waals surface area (Å²) in [7, 11) is 0. The molecule has 0 aromatic carbocycles. The molecule has 8 nitrogen and oxygen atoms in total. The number of aliphatic hydroxyl groups excluding tert-OH is 1. The van der Waals surface area contributed by atoms with Crippen molar-refractivity contribution < 1.29 is 19.4 Å². The third-order valence-electron chi connectivity index (χ3n) is 12.1. The molecule has 210 valence electrons. The van der Waals surface area contributed by atoms with Crippen LogP contribution in [0.2, 0.25) is 0 Å². The Morgan fingerprint density at radius 2 is 1.87 bits per heavy atom. The van der Waals surface area contributed by atoms with Crippen molar-refractivity contribution in [1.29, 1.82) is 0 Å². The van der Waals surface area contributed by atoms with E-state index < -0.39 is 11.7 Å². The monoisotopic (exact) mass is 527 g/mol. The maximum atomic E-state index is 12.8. The summed E-state index contributed by atoms with van der Waals surface area (Å²) in [5, 5.41) is 32.0. The number of β-amino-alcohol motifs (C(OH)–C–C–N with tert-alkyl or cyclic N) is 1. The quantitative estimate of drug-likeness (QED) is 0.411. The number of aliphatic hydroxyl groups is 2. The SMILES string of the molecule is C[C@]12CC[C@H](NC(=O)NC3CCNC[C@@H]3O)C[C@H]1CC[C@@H]1[C@@H]2CC[C@]2(C)[C@@H](c3ccc(=O)oc3)CC[C@]12O. The first-order valence-electron chi connectivity index (χ1n) is 14.9. The van der Waals surface area contributed by atoms with E-state index in [1.807, 2.05) is 6.07 Å². The van der Waals surface area contributed by atoms with Crippen molar-refractivity contribution >= 4 is 6.03 Å². The van der Waals surface area contributed by atoms with E-state index in [-0.39, 0.29) is 46.4 Å². The Morgan fingerprint density at radius 1 is 1.03 bits per heavy atom. The van der Waals surface area contributed by atoms with Crippen LogP contribution in [0.15, 0.2) is 27.6 Å². The number of hydrogen-bond acceptors (Lipinski definition) is 6. The fraction of sp³-hybridized carbons (Fsp3) is 0.800. The summed E-state index contributed by atoms with van der Waals surface area (Å²) in [5.41, 5.74) is -0.0166. The van der Waals surface area contributed by atoms with Crippen molar-refractivity contribution in [1.82, 2.24) is 16.0 Å². The lowest BCUT2D eigenvalue weighted by atomic mass is 9.43. The molecular weight excluding hydrogens is 482 g/mol. The highest BCUT2D eigenvalue weighted by Crippen LogP contribution is 2.70. The van der Waals surface area contributed by atoms with Crippen LogP contribution in [-0.2, 0) is 0 Å². The second kappa shape index (κ2) is 9.63. The van der Waals surface area contributed by atoms with E-state index in [2.05, 4.69) is 29.8 Å². The van der Waals surface area contributed by atoms with E-state index >= 15 is 0 Å². The summed E-state index contributed by atoms with van der Waals surface area (Å²) in [6.07, 6.45) is 10.8. The number of rotatable bonds is 3. The van der Waals surface area contributed by atoms with Crippen LogP contribution in [0.4, 0.5) is 4.79 Å². The highest BCUT2D eigenvalue weighted by molar-refractivity contribution is 5.74. The summed E-state index contributed by atoms with van der Waals surface area (Å²) in [6, 6.07) is 3.21. The van der Waals surface area contributed by atoms with Crippen LogP contribution < -0.4 is 21.6 Å². The van der Waals surface area contributed by atoms with Gasteiger partial charge >= 0.3 is 11.7 Å². The number of carbonyl (C=O) groups is 1. The maximum Gasteiger partial charge on any atom is 0.335 e. The standard InChI is InChI=1S/C30H45N3O5/c1-28-11-7-20(32-27(36)33-24-10-14-31-16-25(24)34)15-19(28)4-5-23-22(28)8-12-29(2)21(9-13-30(23,29)37)18-3-6-26(35)38-17-18/h3,6,17,19-25,31,34,37H,4-5,7-16H2,1-2H3,(H2,32,33,36)/t19-,20+,21-,22+,23-,24?,25+,28+,29-,30+/m1/s1. The minimum atomic E-state index is -0.699. The Labute approximate surface area is 225 Å². The molecule has 5 aliphatic rings. The van der Waals surface area contributed by atoms with Crippen molar-refractivity contribution in [2.45, 2.75) is 108 Å². The van der Waals surface area contributed by atoms with Gasteiger partial charge in [0.2, 0.25) is 0 Å². The highest BCUT2D eigenvalue weighted by Gasteiger charge is 2.67. The molecule has 5 N–H and O–H groups in total. The molecule has 2 heterocycles. The van der Waals surface area contributed by atoms with Crippen molar-refractivity contribution in [2.24, 2.45) is 28.6 Å². The fourth-order valence-electron chi connectivity index (χ4n) is 9.86. The Hall–Kier alpha value is -1.90. The lowest BCUT2D eigenvalue weighted by Gasteiger charge is -2.63. The molecule has 4 saturated carbocycles. The molecule has 1 aliphatic heterocycles. The van der Waals surface area contributed by atoms with Gasteiger partial charge in [-0.2, -0.15) is 0 Å². The van der Waals surface area contributed by atoms with Crippen molar-refractivity contribution in [3.8, 4) is 0 Å². The van der Waals surface area contributed by atoms with Gasteiger partial charge in [-0.3, -0.25) is 0 Å². The van der Waals surface area contributed by atoms with Crippen molar-refractivity contribution in [2.75, 3.05) is 13.1 Å². The smallest absolute Gasteiger partial charge is 0.335 e. The molecule has 1 unspecified atom stereocenters. The molecule has 0 bridgehead atoms. The number of carbonyl (C=O) groups excluding carboxylic acids is 1. The van der Waals surface area contributed by atoms with E-state index in [0.29, 0.717) is 18.4 Å². The van der Waals surface area contributed by atoms with Crippen LogP contribution in [0.5, 0.6) is 0 Å². The van der Waals surface area contributed by atoms with E-state index in [4.69, 9.17) is 4.42 Å². The molecule has 38 heavy (non-hydrogen) atoms.